The summed E-state index contributed by atoms with van der Waals surface area (Å²) in [6, 6.07) is 3.88. The van der Waals surface area contributed by atoms with E-state index in [0.29, 0.717) is 12.0 Å². The minimum atomic E-state index is -0.551. The van der Waals surface area contributed by atoms with Gasteiger partial charge in [0.2, 0.25) is 11.8 Å². The first-order valence-corrected chi connectivity index (χ1v) is 7.34. The van der Waals surface area contributed by atoms with E-state index in [4.69, 9.17) is 11.6 Å². The average molecular weight is 313 g/mol. The summed E-state index contributed by atoms with van der Waals surface area (Å²) >= 11 is 5.77. The Morgan fingerprint density at radius 2 is 2.14 bits per heavy atom. The van der Waals surface area contributed by atoms with E-state index in [1.54, 1.807) is 24.0 Å². The first kappa shape index (κ1) is 15.8. The molecule has 2 rings (SSSR count). The lowest BCUT2D eigenvalue weighted by Crippen LogP contribution is -2.45. The molecule has 0 radical (unpaired) electrons. The standard InChI is InChI=1S/C15H18ClFN2O2/c1-3-12-15(21)19(9(2)7-13(20)18-12)8-10-5-4-6-11(16)14(10)17/h4-6,9,12H,3,7-8H2,1-2H3,(H,18,20). The molecule has 6 heteroatoms. The number of hydrogen-bond donors (Lipinski definition) is 1. The van der Waals surface area contributed by atoms with Crippen LogP contribution < -0.4 is 5.32 Å². The molecule has 0 bridgehead atoms. The van der Waals surface area contributed by atoms with Crippen molar-refractivity contribution in [2.75, 3.05) is 0 Å². The quantitative estimate of drug-likeness (QED) is 0.932. The molecule has 0 spiro atoms. The average Bonchev–Trinajstić information content (AvgIpc) is 2.54. The number of hydrogen-bond acceptors (Lipinski definition) is 2. The number of carbonyl (C=O) groups is 2. The Hall–Kier alpha value is -1.62. The van der Waals surface area contributed by atoms with Gasteiger partial charge in [-0.15, -0.1) is 0 Å². The monoisotopic (exact) mass is 312 g/mol. The third-order valence-electron chi connectivity index (χ3n) is 3.71. The molecule has 1 aromatic carbocycles. The summed E-state index contributed by atoms with van der Waals surface area (Å²) in [6.45, 7) is 3.73. The first-order chi connectivity index (χ1) is 9.93. The van der Waals surface area contributed by atoms with E-state index in [1.807, 2.05) is 6.92 Å². The SMILES string of the molecule is CCC1NC(=O)CC(C)N(Cc2cccc(Cl)c2F)C1=O. The molecule has 1 heterocycles. The van der Waals surface area contributed by atoms with Crippen molar-refractivity contribution in [3.63, 3.8) is 0 Å². The lowest BCUT2D eigenvalue weighted by Gasteiger charge is -2.28. The lowest BCUT2D eigenvalue weighted by atomic mass is 10.1. The molecule has 1 aromatic rings. The predicted molar refractivity (Wildman–Crippen MR) is 78.3 cm³/mol. The summed E-state index contributed by atoms with van der Waals surface area (Å²) in [5.74, 6) is -0.859. The molecule has 21 heavy (non-hydrogen) atoms. The van der Waals surface area contributed by atoms with Crippen LogP contribution in [0.1, 0.15) is 32.3 Å². The number of carbonyl (C=O) groups excluding carboxylic acids is 2. The Labute approximate surface area is 128 Å². The Bertz CT molecular complexity index is 565. The molecule has 1 aliphatic heterocycles. The smallest absolute Gasteiger partial charge is 0.245 e. The van der Waals surface area contributed by atoms with Gasteiger partial charge in [-0.3, -0.25) is 9.59 Å². The normalized spacial score (nSPS) is 23.0. The maximum Gasteiger partial charge on any atom is 0.245 e. The molecule has 1 N–H and O–H groups in total. The molecular weight excluding hydrogens is 295 g/mol. The van der Waals surface area contributed by atoms with Crippen molar-refractivity contribution in [1.82, 2.24) is 10.2 Å². The predicted octanol–water partition coefficient (Wildman–Crippen LogP) is 2.49. The minimum Gasteiger partial charge on any atom is -0.344 e. The van der Waals surface area contributed by atoms with Crippen molar-refractivity contribution < 1.29 is 14.0 Å². The molecule has 1 aliphatic rings. The maximum atomic E-state index is 14.0. The second kappa shape index (κ2) is 6.43. The highest BCUT2D eigenvalue weighted by Gasteiger charge is 2.33. The van der Waals surface area contributed by atoms with Crippen LogP contribution in [0.3, 0.4) is 0 Å². The van der Waals surface area contributed by atoms with Crippen molar-refractivity contribution in [2.24, 2.45) is 0 Å². The Morgan fingerprint density at radius 3 is 2.81 bits per heavy atom. The number of amides is 2. The number of nitrogens with zero attached hydrogens (tertiary/aromatic N) is 1. The fourth-order valence-electron chi connectivity index (χ4n) is 2.48. The molecule has 2 atom stereocenters. The van der Waals surface area contributed by atoms with Crippen LogP contribution in [0, 0.1) is 5.82 Å². The highest BCUT2D eigenvalue weighted by Crippen LogP contribution is 2.22. The van der Waals surface area contributed by atoms with E-state index >= 15 is 0 Å². The van der Waals surface area contributed by atoms with Gasteiger partial charge in [0.25, 0.3) is 0 Å². The second-order valence-corrected chi connectivity index (χ2v) is 5.67. The second-order valence-electron chi connectivity index (χ2n) is 5.26. The van der Waals surface area contributed by atoms with Crippen LogP contribution >= 0.6 is 11.6 Å². The van der Waals surface area contributed by atoms with Gasteiger partial charge in [-0.05, 0) is 19.4 Å². The van der Waals surface area contributed by atoms with E-state index in [1.165, 1.54) is 6.07 Å². The molecule has 1 fully saturated rings. The minimum absolute atomic E-state index is 0.0312. The van der Waals surface area contributed by atoms with E-state index in [9.17, 15) is 14.0 Å². The summed E-state index contributed by atoms with van der Waals surface area (Å²) in [5.41, 5.74) is 0.354. The zero-order valence-electron chi connectivity index (χ0n) is 12.0. The van der Waals surface area contributed by atoms with E-state index in [-0.39, 0.29) is 35.8 Å². The van der Waals surface area contributed by atoms with Crippen molar-refractivity contribution in [3.8, 4) is 0 Å². The van der Waals surface area contributed by atoms with E-state index < -0.39 is 11.9 Å². The highest BCUT2D eigenvalue weighted by atomic mass is 35.5. The molecule has 114 valence electrons. The molecule has 2 amide bonds. The van der Waals surface area contributed by atoms with Crippen molar-refractivity contribution in [2.45, 2.75) is 45.3 Å². The van der Waals surface area contributed by atoms with Gasteiger partial charge in [-0.25, -0.2) is 4.39 Å². The topological polar surface area (TPSA) is 49.4 Å². The van der Waals surface area contributed by atoms with Gasteiger partial charge in [0, 0.05) is 24.6 Å². The van der Waals surface area contributed by atoms with Gasteiger partial charge in [0.1, 0.15) is 11.9 Å². The van der Waals surface area contributed by atoms with Gasteiger partial charge >= 0.3 is 0 Å². The van der Waals surface area contributed by atoms with Gasteiger partial charge < -0.3 is 10.2 Å². The molecule has 0 aromatic heterocycles. The van der Waals surface area contributed by atoms with Gasteiger partial charge in [-0.2, -0.15) is 0 Å². The fraction of sp³-hybridized carbons (Fsp3) is 0.467. The Morgan fingerprint density at radius 1 is 1.43 bits per heavy atom. The number of nitrogens with one attached hydrogen (secondary N) is 1. The summed E-state index contributed by atoms with van der Waals surface area (Å²) in [6.07, 6.45) is 0.718. The lowest BCUT2D eigenvalue weighted by molar-refractivity contribution is -0.135. The van der Waals surface area contributed by atoms with Crippen molar-refractivity contribution in [3.05, 3.63) is 34.6 Å². The van der Waals surface area contributed by atoms with Crippen LogP contribution in [0.5, 0.6) is 0 Å². The molecule has 4 nitrogen and oxygen atoms in total. The van der Waals surface area contributed by atoms with Crippen LogP contribution in [0.15, 0.2) is 18.2 Å². The zero-order chi connectivity index (χ0) is 15.6. The largest absolute Gasteiger partial charge is 0.344 e. The van der Waals surface area contributed by atoms with E-state index in [0.717, 1.165) is 0 Å². The first-order valence-electron chi connectivity index (χ1n) is 6.96. The molecule has 0 aliphatic carbocycles. The number of halogens is 2. The summed E-state index contributed by atoms with van der Waals surface area (Å²) in [7, 11) is 0. The molecular formula is C15H18ClFN2O2. The Kier molecular flexibility index (Phi) is 4.83. The van der Waals surface area contributed by atoms with Crippen LogP contribution in [-0.4, -0.2) is 28.8 Å². The number of rotatable bonds is 3. The van der Waals surface area contributed by atoms with Crippen LogP contribution in [0.25, 0.3) is 0 Å². The fourth-order valence-corrected chi connectivity index (χ4v) is 2.67. The van der Waals surface area contributed by atoms with Crippen LogP contribution in [0.2, 0.25) is 5.02 Å². The Balaban J connectivity index is 2.29. The van der Waals surface area contributed by atoms with Gasteiger partial charge in [0.05, 0.1) is 5.02 Å². The molecule has 0 saturated carbocycles. The summed E-state index contributed by atoms with van der Waals surface area (Å²) in [5, 5.41) is 2.73. The molecule has 1 saturated heterocycles. The van der Waals surface area contributed by atoms with Crippen LogP contribution in [0.4, 0.5) is 4.39 Å². The third kappa shape index (κ3) is 3.35. The molecule has 2 unspecified atom stereocenters. The van der Waals surface area contributed by atoms with Crippen molar-refractivity contribution in [1.29, 1.82) is 0 Å². The summed E-state index contributed by atoms with van der Waals surface area (Å²) < 4.78 is 14.0. The van der Waals surface area contributed by atoms with E-state index in [2.05, 4.69) is 5.32 Å². The van der Waals surface area contributed by atoms with Crippen LogP contribution in [-0.2, 0) is 16.1 Å². The number of benzene rings is 1. The van der Waals surface area contributed by atoms with Crippen molar-refractivity contribution >= 4 is 23.4 Å². The maximum absolute atomic E-state index is 14.0. The zero-order valence-corrected chi connectivity index (χ0v) is 12.8. The highest BCUT2D eigenvalue weighted by molar-refractivity contribution is 6.30. The van der Waals surface area contributed by atoms with Gasteiger partial charge in [-0.1, -0.05) is 30.7 Å². The third-order valence-corrected chi connectivity index (χ3v) is 4.00. The summed E-state index contributed by atoms with van der Waals surface area (Å²) in [4.78, 5) is 25.8. The van der Waals surface area contributed by atoms with Gasteiger partial charge in [0.15, 0.2) is 0 Å².